The van der Waals surface area contributed by atoms with Crippen LogP contribution in [-0.2, 0) is 4.79 Å². The van der Waals surface area contributed by atoms with E-state index >= 15 is 0 Å². The van der Waals surface area contributed by atoms with Gasteiger partial charge in [-0.3, -0.25) is 4.79 Å². The molecule has 1 aliphatic rings. The summed E-state index contributed by atoms with van der Waals surface area (Å²) in [6, 6.07) is 9.94. The first-order valence-electron chi connectivity index (χ1n) is 6.06. The summed E-state index contributed by atoms with van der Waals surface area (Å²) in [5.41, 5.74) is 1.11. The van der Waals surface area contributed by atoms with Gasteiger partial charge in [0.05, 0.1) is 6.04 Å². The summed E-state index contributed by atoms with van der Waals surface area (Å²) in [7, 11) is 0. The number of carbonyl (C=O) groups is 1. The van der Waals surface area contributed by atoms with Crippen LogP contribution < -0.4 is 0 Å². The molecule has 0 radical (unpaired) electrons. The van der Waals surface area contributed by atoms with Crippen LogP contribution in [0, 0.1) is 0 Å². The van der Waals surface area contributed by atoms with Gasteiger partial charge < -0.3 is 4.90 Å². The van der Waals surface area contributed by atoms with Gasteiger partial charge in [0, 0.05) is 14.3 Å². The van der Waals surface area contributed by atoms with Gasteiger partial charge >= 0.3 is 0 Å². The Kier molecular flexibility index (Phi) is 2.67. The Hall–Kier alpha value is -1.31. The number of nitrogens with zero attached hydrogens (tertiary/aromatic N) is 1. The number of hydrogen-bond acceptors (Lipinski definition) is 1. The van der Waals surface area contributed by atoms with Crippen LogP contribution in [0.25, 0.3) is 0 Å². The molecular formula is C13H17NO. The summed E-state index contributed by atoms with van der Waals surface area (Å²) in [6.07, 6.45) is 2.24. The molecule has 1 fully saturated rings. The van der Waals surface area contributed by atoms with E-state index in [1.54, 1.807) is 4.90 Å². The van der Waals surface area contributed by atoms with Crippen LogP contribution in [0.4, 0.5) is 0 Å². The fourth-order valence-corrected chi connectivity index (χ4v) is 1.98. The molecule has 15 heavy (non-hydrogen) atoms. The molecule has 1 unspecified atom stereocenters. The highest BCUT2D eigenvalue weighted by Crippen LogP contribution is 2.24. The van der Waals surface area contributed by atoms with Gasteiger partial charge in [0.1, 0.15) is 0 Å². The van der Waals surface area contributed by atoms with Gasteiger partial charge in [0.25, 0.3) is 0 Å². The molecule has 0 spiro atoms. The van der Waals surface area contributed by atoms with Crippen LogP contribution in [0.2, 0.25) is 0 Å². The Balaban J connectivity index is 2.20. The van der Waals surface area contributed by atoms with Crippen molar-refractivity contribution in [1.82, 2.24) is 4.90 Å². The Bertz CT molecular complexity index is 365. The number of likely N-dealkylation sites (tertiary alicyclic amines) is 1. The van der Waals surface area contributed by atoms with Gasteiger partial charge in [-0.05, 0) is 25.3 Å². The van der Waals surface area contributed by atoms with Crippen LogP contribution in [0.3, 0.4) is 0 Å². The molecule has 2 nitrogen and oxygen atoms in total. The third-order valence-electron chi connectivity index (χ3n) is 2.91. The minimum Gasteiger partial charge on any atom is -0.336 e. The molecule has 1 saturated heterocycles. The first-order valence-corrected chi connectivity index (χ1v) is 5.48. The lowest BCUT2D eigenvalue weighted by Crippen LogP contribution is -2.37. The fraction of sp³-hybridized carbons (Fsp3) is 0.462. The summed E-state index contributed by atoms with van der Waals surface area (Å²) in [6.45, 7) is 1.62. The minimum absolute atomic E-state index is 0.0106. The first kappa shape index (κ1) is 8.96. The van der Waals surface area contributed by atoms with Crippen molar-refractivity contribution in [3.63, 3.8) is 0 Å². The smallest absolute Gasteiger partial charge is 0.223 e. The van der Waals surface area contributed by atoms with Gasteiger partial charge in [0.2, 0.25) is 5.91 Å². The van der Waals surface area contributed by atoms with E-state index in [-0.39, 0.29) is 18.5 Å². The summed E-state index contributed by atoms with van der Waals surface area (Å²) < 4.78 is 7.94. The van der Waals surface area contributed by atoms with E-state index in [1.807, 2.05) is 37.3 Å². The second-order valence-corrected chi connectivity index (χ2v) is 3.96. The number of rotatable bonds is 2. The van der Waals surface area contributed by atoms with Crippen molar-refractivity contribution in [1.29, 1.82) is 0 Å². The quantitative estimate of drug-likeness (QED) is 0.725. The first-order chi connectivity index (χ1) is 7.70. The van der Waals surface area contributed by atoms with Crippen molar-refractivity contribution in [2.45, 2.75) is 32.2 Å². The standard InChI is InChI=1S/C13H17NO/c1-11(12-7-3-2-4-8-12)14-10-6-5-9-13(14)15/h2-4,7-8,11H,5-6,9-10H2,1H3/t11-/m0/s1/i10D/t10?,11-. The lowest BCUT2D eigenvalue weighted by molar-refractivity contribution is -0.135. The number of hydrogen-bond donors (Lipinski definition) is 0. The largest absolute Gasteiger partial charge is 0.336 e. The maximum Gasteiger partial charge on any atom is 0.223 e. The zero-order valence-electron chi connectivity index (χ0n) is 10.0. The summed E-state index contributed by atoms with van der Waals surface area (Å²) in [5.74, 6) is 0.114. The van der Waals surface area contributed by atoms with Crippen LogP contribution >= 0.6 is 0 Å². The van der Waals surface area contributed by atoms with Crippen LogP contribution in [0.15, 0.2) is 30.3 Å². The van der Waals surface area contributed by atoms with E-state index in [9.17, 15) is 4.79 Å². The molecule has 1 amide bonds. The molecule has 1 aliphatic heterocycles. The van der Waals surface area contributed by atoms with E-state index < -0.39 is 0 Å². The van der Waals surface area contributed by atoms with Gasteiger partial charge in [0.15, 0.2) is 0 Å². The third-order valence-corrected chi connectivity index (χ3v) is 2.91. The molecule has 1 heterocycles. The maximum absolute atomic E-state index is 11.8. The van der Waals surface area contributed by atoms with Crippen molar-refractivity contribution >= 4 is 5.91 Å². The van der Waals surface area contributed by atoms with E-state index in [2.05, 4.69) is 0 Å². The zero-order valence-corrected chi connectivity index (χ0v) is 9.02. The molecule has 2 rings (SSSR count). The Morgan fingerprint density at radius 1 is 1.33 bits per heavy atom. The predicted octanol–water partition coefficient (Wildman–Crippen LogP) is 2.76. The molecule has 0 aromatic heterocycles. The lowest BCUT2D eigenvalue weighted by Gasteiger charge is -2.32. The number of carbonyl (C=O) groups excluding carboxylic acids is 1. The highest BCUT2D eigenvalue weighted by Gasteiger charge is 2.23. The van der Waals surface area contributed by atoms with Crippen LogP contribution in [0.1, 0.15) is 39.2 Å². The summed E-state index contributed by atoms with van der Waals surface area (Å²) >= 11 is 0. The highest BCUT2D eigenvalue weighted by molar-refractivity contribution is 5.77. The van der Waals surface area contributed by atoms with Crippen molar-refractivity contribution in [3.05, 3.63) is 35.9 Å². The van der Waals surface area contributed by atoms with E-state index in [1.165, 1.54) is 0 Å². The Labute approximate surface area is 92.3 Å². The molecule has 2 heteroatoms. The Morgan fingerprint density at radius 3 is 2.73 bits per heavy atom. The van der Waals surface area contributed by atoms with E-state index in [4.69, 9.17) is 1.37 Å². The van der Waals surface area contributed by atoms with Crippen molar-refractivity contribution in [2.75, 3.05) is 6.52 Å². The zero-order chi connectivity index (χ0) is 11.5. The molecule has 1 aromatic rings. The molecule has 2 atom stereocenters. The van der Waals surface area contributed by atoms with E-state index in [0.717, 1.165) is 18.4 Å². The van der Waals surface area contributed by atoms with Crippen molar-refractivity contribution < 1.29 is 6.17 Å². The van der Waals surface area contributed by atoms with Crippen molar-refractivity contribution in [2.24, 2.45) is 0 Å². The van der Waals surface area contributed by atoms with Crippen LogP contribution in [0.5, 0.6) is 0 Å². The van der Waals surface area contributed by atoms with Gasteiger partial charge in [-0.1, -0.05) is 30.3 Å². The average molecular weight is 204 g/mol. The number of benzene rings is 1. The van der Waals surface area contributed by atoms with Gasteiger partial charge in [-0.25, -0.2) is 0 Å². The van der Waals surface area contributed by atoms with Crippen molar-refractivity contribution in [3.8, 4) is 0 Å². The second-order valence-electron chi connectivity index (χ2n) is 3.96. The highest BCUT2D eigenvalue weighted by atomic mass is 16.2. The molecule has 0 N–H and O–H groups in total. The Morgan fingerprint density at radius 2 is 2.07 bits per heavy atom. The summed E-state index contributed by atoms with van der Waals surface area (Å²) in [4.78, 5) is 13.5. The molecule has 0 bridgehead atoms. The lowest BCUT2D eigenvalue weighted by atomic mass is 10.0. The number of piperidine rings is 1. The SMILES string of the molecule is [2H]C1CCCC(=O)N1[C@@H](C)c1ccccc1. The van der Waals surface area contributed by atoms with E-state index in [0.29, 0.717) is 6.42 Å². The maximum atomic E-state index is 11.8. The monoisotopic (exact) mass is 204 g/mol. The fourth-order valence-electron chi connectivity index (χ4n) is 1.98. The number of amides is 1. The topological polar surface area (TPSA) is 20.3 Å². The third kappa shape index (κ3) is 2.20. The predicted molar refractivity (Wildman–Crippen MR) is 60.4 cm³/mol. The van der Waals surface area contributed by atoms with Gasteiger partial charge in [-0.15, -0.1) is 0 Å². The van der Waals surface area contributed by atoms with Crippen LogP contribution in [-0.4, -0.2) is 17.3 Å². The molecule has 0 aliphatic carbocycles. The van der Waals surface area contributed by atoms with Gasteiger partial charge in [-0.2, -0.15) is 0 Å². The molecule has 80 valence electrons. The minimum atomic E-state index is -0.378. The molecule has 0 saturated carbocycles. The second kappa shape index (κ2) is 4.47. The average Bonchev–Trinajstić information content (AvgIpc) is 2.30. The normalized spacial score (nSPS) is 24.9. The molecule has 1 aromatic carbocycles. The summed E-state index contributed by atoms with van der Waals surface area (Å²) in [5, 5.41) is 0. The molecular weight excluding hydrogens is 186 g/mol.